The second-order valence-corrected chi connectivity index (χ2v) is 4.50. The molecule has 0 aromatic rings. The molecule has 114 valence electrons. The summed E-state index contributed by atoms with van der Waals surface area (Å²) in [4.78, 5) is 6.84. The molecule has 1 N–H and O–H groups in total. The summed E-state index contributed by atoms with van der Waals surface area (Å²) >= 11 is 0. The van der Waals surface area contributed by atoms with Crippen molar-refractivity contribution in [1.82, 2.24) is 10.2 Å². The van der Waals surface area contributed by atoms with Gasteiger partial charge >= 0.3 is 0 Å². The largest absolute Gasteiger partial charge is 0.382 e. The molecule has 6 heteroatoms. The Hall–Kier alpha value is -0.0800. The molecule has 1 aliphatic rings. The zero-order valence-electron chi connectivity index (χ0n) is 12.4. The number of methoxy groups -OCH3 is 1. The van der Waals surface area contributed by atoms with E-state index in [-0.39, 0.29) is 24.0 Å². The van der Waals surface area contributed by atoms with Crippen molar-refractivity contribution in [2.75, 3.05) is 53.1 Å². The van der Waals surface area contributed by atoms with Crippen molar-refractivity contribution in [2.24, 2.45) is 10.9 Å². The van der Waals surface area contributed by atoms with Crippen molar-refractivity contribution in [2.45, 2.75) is 20.3 Å². The van der Waals surface area contributed by atoms with Crippen LogP contribution in [0.3, 0.4) is 0 Å². The number of hydrogen-bond donors (Lipinski definition) is 1. The van der Waals surface area contributed by atoms with E-state index in [1.807, 2.05) is 0 Å². The highest BCUT2D eigenvalue weighted by Gasteiger charge is 2.24. The third-order valence-electron chi connectivity index (χ3n) is 3.01. The molecule has 19 heavy (non-hydrogen) atoms. The summed E-state index contributed by atoms with van der Waals surface area (Å²) in [7, 11) is 1.70. The summed E-state index contributed by atoms with van der Waals surface area (Å²) < 4.78 is 10.6. The summed E-state index contributed by atoms with van der Waals surface area (Å²) in [5.41, 5.74) is 0. The van der Waals surface area contributed by atoms with Gasteiger partial charge in [0, 0.05) is 39.2 Å². The van der Waals surface area contributed by atoms with Gasteiger partial charge < -0.3 is 19.7 Å². The number of guanidine groups is 1. The fourth-order valence-corrected chi connectivity index (χ4v) is 2.13. The van der Waals surface area contributed by atoms with Crippen LogP contribution in [0.25, 0.3) is 0 Å². The second kappa shape index (κ2) is 11.7. The Bertz CT molecular complexity index is 252. The van der Waals surface area contributed by atoms with E-state index in [9.17, 15) is 0 Å². The molecule has 1 saturated heterocycles. The fraction of sp³-hybridized carbons (Fsp3) is 0.923. The minimum atomic E-state index is 0. The second-order valence-electron chi connectivity index (χ2n) is 4.50. The highest BCUT2D eigenvalue weighted by molar-refractivity contribution is 14.0. The SMILES string of the molecule is CCN=C(NCC)N1CCC(COCCOC)C1.I. The number of hydrogen-bond acceptors (Lipinski definition) is 3. The molecule has 1 fully saturated rings. The highest BCUT2D eigenvalue weighted by Crippen LogP contribution is 2.16. The molecule has 0 bridgehead atoms. The van der Waals surface area contributed by atoms with Gasteiger partial charge in [0.15, 0.2) is 5.96 Å². The van der Waals surface area contributed by atoms with E-state index >= 15 is 0 Å². The van der Waals surface area contributed by atoms with E-state index in [0.717, 1.165) is 38.7 Å². The average molecular weight is 385 g/mol. The first kappa shape index (κ1) is 18.9. The van der Waals surface area contributed by atoms with Gasteiger partial charge in [-0.25, -0.2) is 0 Å². The summed E-state index contributed by atoms with van der Waals surface area (Å²) in [6.07, 6.45) is 1.18. The molecule has 1 rings (SSSR count). The fourth-order valence-electron chi connectivity index (χ4n) is 2.13. The summed E-state index contributed by atoms with van der Waals surface area (Å²) in [6.45, 7) is 10.2. The molecule has 5 nitrogen and oxygen atoms in total. The minimum Gasteiger partial charge on any atom is -0.382 e. The van der Waals surface area contributed by atoms with E-state index in [4.69, 9.17) is 9.47 Å². The monoisotopic (exact) mass is 385 g/mol. The Kier molecular flexibility index (Phi) is 11.7. The Morgan fingerprint density at radius 3 is 2.79 bits per heavy atom. The summed E-state index contributed by atoms with van der Waals surface area (Å²) in [5, 5.41) is 3.34. The predicted octanol–water partition coefficient (Wildman–Crippen LogP) is 1.57. The van der Waals surface area contributed by atoms with Crippen molar-refractivity contribution < 1.29 is 9.47 Å². The Balaban J connectivity index is 0.00000324. The topological polar surface area (TPSA) is 46.1 Å². The first-order valence-corrected chi connectivity index (χ1v) is 6.91. The van der Waals surface area contributed by atoms with E-state index in [0.29, 0.717) is 19.1 Å². The Morgan fingerprint density at radius 2 is 2.16 bits per heavy atom. The Labute approximate surface area is 134 Å². The maximum atomic E-state index is 5.59. The molecule has 1 atom stereocenters. The van der Waals surface area contributed by atoms with Gasteiger partial charge in [0.1, 0.15) is 0 Å². The number of ether oxygens (including phenoxy) is 2. The molecule has 0 saturated carbocycles. The number of likely N-dealkylation sites (tertiary alicyclic amines) is 1. The quantitative estimate of drug-likeness (QED) is 0.313. The van der Waals surface area contributed by atoms with Crippen LogP contribution in [-0.4, -0.2) is 64.0 Å². The van der Waals surface area contributed by atoms with E-state index in [1.165, 1.54) is 6.42 Å². The standard InChI is InChI=1S/C13H27N3O2.HI/c1-4-14-13(15-5-2)16-7-6-12(10-16)11-18-9-8-17-3;/h12H,4-11H2,1-3H3,(H,14,15);1H. The Morgan fingerprint density at radius 1 is 1.37 bits per heavy atom. The van der Waals surface area contributed by atoms with Gasteiger partial charge in [-0.05, 0) is 20.3 Å². The van der Waals surface area contributed by atoms with Gasteiger partial charge in [-0.3, -0.25) is 4.99 Å². The minimum absolute atomic E-state index is 0. The lowest BCUT2D eigenvalue weighted by atomic mass is 10.1. The predicted molar refractivity (Wildman–Crippen MR) is 89.4 cm³/mol. The van der Waals surface area contributed by atoms with Crippen molar-refractivity contribution >= 4 is 29.9 Å². The zero-order valence-corrected chi connectivity index (χ0v) is 14.7. The van der Waals surface area contributed by atoms with Crippen molar-refractivity contribution in [1.29, 1.82) is 0 Å². The van der Waals surface area contributed by atoms with Gasteiger partial charge in [-0.1, -0.05) is 0 Å². The molecular formula is C13H28IN3O2. The smallest absolute Gasteiger partial charge is 0.193 e. The highest BCUT2D eigenvalue weighted by atomic mass is 127. The third-order valence-corrected chi connectivity index (χ3v) is 3.01. The zero-order chi connectivity index (χ0) is 13.2. The van der Waals surface area contributed by atoms with Crippen molar-refractivity contribution in [3.05, 3.63) is 0 Å². The van der Waals surface area contributed by atoms with Crippen LogP contribution in [0.2, 0.25) is 0 Å². The maximum absolute atomic E-state index is 5.59. The number of rotatable bonds is 7. The van der Waals surface area contributed by atoms with E-state index < -0.39 is 0 Å². The molecule has 1 aliphatic heterocycles. The van der Waals surface area contributed by atoms with Gasteiger partial charge in [-0.2, -0.15) is 0 Å². The van der Waals surface area contributed by atoms with Gasteiger partial charge in [0.2, 0.25) is 0 Å². The van der Waals surface area contributed by atoms with Crippen molar-refractivity contribution in [3.63, 3.8) is 0 Å². The van der Waals surface area contributed by atoms with Crippen LogP contribution < -0.4 is 5.32 Å². The van der Waals surface area contributed by atoms with Gasteiger partial charge in [-0.15, -0.1) is 24.0 Å². The molecule has 0 aliphatic carbocycles. The number of nitrogens with one attached hydrogen (secondary N) is 1. The number of halogens is 1. The van der Waals surface area contributed by atoms with Crippen LogP contribution in [0.5, 0.6) is 0 Å². The van der Waals surface area contributed by atoms with Crippen molar-refractivity contribution in [3.8, 4) is 0 Å². The summed E-state index contributed by atoms with van der Waals surface area (Å²) in [5.74, 6) is 1.65. The maximum Gasteiger partial charge on any atom is 0.193 e. The first-order chi connectivity index (χ1) is 8.81. The van der Waals surface area contributed by atoms with Crippen LogP contribution in [0.15, 0.2) is 4.99 Å². The third kappa shape index (κ3) is 7.31. The van der Waals surface area contributed by atoms with Gasteiger partial charge in [0.05, 0.1) is 19.8 Å². The van der Waals surface area contributed by atoms with Crippen LogP contribution in [-0.2, 0) is 9.47 Å². The van der Waals surface area contributed by atoms with Crippen LogP contribution in [0.4, 0.5) is 0 Å². The lowest BCUT2D eigenvalue weighted by Crippen LogP contribution is -2.40. The molecule has 0 spiro atoms. The molecule has 1 unspecified atom stereocenters. The number of aliphatic imine (C=N–C) groups is 1. The molecule has 1 heterocycles. The molecule has 0 aromatic heterocycles. The van der Waals surface area contributed by atoms with Gasteiger partial charge in [0.25, 0.3) is 0 Å². The first-order valence-electron chi connectivity index (χ1n) is 6.91. The van der Waals surface area contributed by atoms with Crippen LogP contribution >= 0.6 is 24.0 Å². The summed E-state index contributed by atoms with van der Waals surface area (Å²) in [6, 6.07) is 0. The lowest BCUT2D eigenvalue weighted by molar-refractivity contribution is 0.0536. The normalized spacial score (nSPS) is 19.4. The molecule has 0 aromatic carbocycles. The van der Waals surface area contributed by atoms with Crippen LogP contribution in [0.1, 0.15) is 20.3 Å². The van der Waals surface area contributed by atoms with E-state index in [1.54, 1.807) is 7.11 Å². The number of nitrogens with zero attached hydrogens (tertiary/aromatic N) is 2. The molecular weight excluding hydrogens is 357 g/mol. The lowest BCUT2D eigenvalue weighted by Gasteiger charge is -2.21. The van der Waals surface area contributed by atoms with Crippen LogP contribution in [0, 0.1) is 5.92 Å². The molecule has 0 radical (unpaired) electrons. The van der Waals surface area contributed by atoms with E-state index in [2.05, 4.69) is 29.1 Å². The average Bonchev–Trinajstić information content (AvgIpc) is 2.83. The molecule has 0 amide bonds.